The highest BCUT2D eigenvalue weighted by molar-refractivity contribution is 5.20. The summed E-state index contributed by atoms with van der Waals surface area (Å²) in [7, 11) is 1.24. The molecule has 1 aromatic rings. The first-order valence-electron chi connectivity index (χ1n) is 4.37. The van der Waals surface area contributed by atoms with Gasteiger partial charge in [-0.2, -0.15) is 13.2 Å². The van der Waals surface area contributed by atoms with Crippen molar-refractivity contribution in [2.75, 3.05) is 7.11 Å². The predicted molar refractivity (Wildman–Crippen MR) is 51.3 cm³/mol. The number of alkyl halides is 3. The Bertz CT molecular complexity index is 327. The monoisotopic (exact) mass is 216 g/mol. The van der Waals surface area contributed by atoms with Crippen LogP contribution in [0.25, 0.3) is 0 Å². The van der Waals surface area contributed by atoms with Crippen LogP contribution in [-0.2, 0) is 11.2 Å². The van der Waals surface area contributed by atoms with Crippen LogP contribution >= 0.6 is 0 Å². The van der Waals surface area contributed by atoms with Crippen LogP contribution in [-0.4, -0.2) is 13.3 Å². The van der Waals surface area contributed by atoms with E-state index in [1.807, 2.05) is 6.07 Å². The van der Waals surface area contributed by atoms with Gasteiger partial charge in [0.2, 0.25) is 0 Å². The van der Waals surface area contributed by atoms with Crippen LogP contribution in [0.1, 0.15) is 5.56 Å². The van der Waals surface area contributed by atoms with Crippen LogP contribution in [0.15, 0.2) is 42.2 Å². The highest BCUT2D eigenvalue weighted by atomic mass is 19.4. The number of hydrogen-bond donors (Lipinski definition) is 0. The van der Waals surface area contributed by atoms with Crippen LogP contribution in [0.5, 0.6) is 0 Å². The normalized spacial score (nSPS) is 12.7. The molecule has 1 aromatic carbocycles. The number of methoxy groups -OCH3 is 1. The lowest BCUT2D eigenvalue weighted by atomic mass is 10.1. The van der Waals surface area contributed by atoms with Gasteiger partial charge in [-0.25, -0.2) is 0 Å². The maximum absolute atomic E-state index is 12.0. The van der Waals surface area contributed by atoms with Crippen molar-refractivity contribution in [3.63, 3.8) is 0 Å². The fraction of sp³-hybridized carbons (Fsp3) is 0.273. The second-order valence-corrected chi connectivity index (χ2v) is 3.02. The molecule has 0 fully saturated rings. The summed E-state index contributed by atoms with van der Waals surface area (Å²) in [6.45, 7) is 0. The van der Waals surface area contributed by atoms with E-state index in [9.17, 15) is 13.2 Å². The van der Waals surface area contributed by atoms with E-state index in [1.165, 1.54) is 7.11 Å². The second kappa shape index (κ2) is 4.87. The summed E-state index contributed by atoms with van der Waals surface area (Å²) in [6, 6.07) is 8.86. The Morgan fingerprint density at radius 2 is 1.87 bits per heavy atom. The molecule has 0 saturated carbocycles. The molecule has 0 N–H and O–H groups in total. The Hall–Kier alpha value is -1.45. The van der Waals surface area contributed by atoms with E-state index < -0.39 is 6.18 Å². The molecule has 0 radical (unpaired) electrons. The van der Waals surface area contributed by atoms with Crippen LogP contribution in [0.3, 0.4) is 0 Å². The number of ether oxygens (including phenoxy) is 1. The van der Waals surface area contributed by atoms with Gasteiger partial charge in [-0.05, 0) is 5.56 Å². The van der Waals surface area contributed by atoms with E-state index in [4.69, 9.17) is 0 Å². The van der Waals surface area contributed by atoms with Crippen molar-refractivity contribution in [3.05, 3.63) is 47.7 Å². The first-order valence-corrected chi connectivity index (χ1v) is 4.37. The topological polar surface area (TPSA) is 9.23 Å². The molecule has 0 heterocycles. The Morgan fingerprint density at radius 3 is 2.33 bits per heavy atom. The number of benzene rings is 1. The lowest BCUT2D eigenvalue weighted by molar-refractivity contribution is -0.0826. The van der Waals surface area contributed by atoms with Crippen LogP contribution < -0.4 is 0 Å². The van der Waals surface area contributed by atoms with Crippen molar-refractivity contribution >= 4 is 0 Å². The van der Waals surface area contributed by atoms with Crippen LogP contribution in [0.4, 0.5) is 13.2 Å². The third-order valence-corrected chi connectivity index (χ3v) is 1.81. The summed E-state index contributed by atoms with van der Waals surface area (Å²) in [6.07, 6.45) is -4.00. The number of hydrogen-bond acceptors (Lipinski definition) is 1. The molecule has 0 amide bonds. The SMILES string of the molecule is COC(=CC(F)(F)F)Cc1ccccc1. The van der Waals surface area contributed by atoms with E-state index in [-0.39, 0.29) is 18.3 Å². The zero-order chi connectivity index (χ0) is 11.3. The van der Waals surface area contributed by atoms with Crippen molar-refractivity contribution in [1.29, 1.82) is 0 Å². The van der Waals surface area contributed by atoms with Gasteiger partial charge in [0.05, 0.1) is 13.2 Å². The van der Waals surface area contributed by atoms with Crippen molar-refractivity contribution in [2.24, 2.45) is 0 Å². The largest absolute Gasteiger partial charge is 0.501 e. The molecule has 0 atom stereocenters. The molecular weight excluding hydrogens is 205 g/mol. The molecule has 82 valence electrons. The molecule has 0 spiro atoms. The number of allylic oxidation sites excluding steroid dienone is 2. The lowest BCUT2D eigenvalue weighted by Crippen LogP contribution is -2.06. The first kappa shape index (κ1) is 11.6. The van der Waals surface area contributed by atoms with Gasteiger partial charge >= 0.3 is 6.18 Å². The summed E-state index contributed by atoms with van der Waals surface area (Å²) in [5.41, 5.74) is 0.787. The molecule has 0 saturated heterocycles. The molecule has 0 aliphatic carbocycles. The van der Waals surface area contributed by atoms with Gasteiger partial charge in [0.15, 0.2) is 0 Å². The molecule has 0 aliphatic heterocycles. The fourth-order valence-corrected chi connectivity index (χ4v) is 1.16. The van der Waals surface area contributed by atoms with E-state index in [0.29, 0.717) is 0 Å². The van der Waals surface area contributed by atoms with Gasteiger partial charge in [0, 0.05) is 6.42 Å². The van der Waals surface area contributed by atoms with Gasteiger partial charge in [0.1, 0.15) is 5.76 Å². The van der Waals surface area contributed by atoms with Crippen molar-refractivity contribution in [3.8, 4) is 0 Å². The van der Waals surface area contributed by atoms with Crippen molar-refractivity contribution < 1.29 is 17.9 Å². The Kier molecular flexibility index (Phi) is 3.77. The van der Waals surface area contributed by atoms with E-state index in [0.717, 1.165) is 5.56 Å². The average molecular weight is 216 g/mol. The number of halogens is 3. The van der Waals surface area contributed by atoms with Gasteiger partial charge in [-0.1, -0.05) is 30.3 Å². The highest BCUT2D eigenvalue weighted by Crippen LogP contribution is 2.20. The second-order valence-electron chi connectivity index (χ2n) is 3.02. The predicted octanol–water partition coefficient (Wildman–Crippen LogP) is 3.32. The summed E-state index contributed by atoms with van der Waals surface area (Å²) in [5.74, 6) is -0.0892. The van der Waals surface area contributed by atoms with Gasteiger partial charge in [0.25, 0.3) is 0 Å². The highest BCUT2D eigenvalue weighted by Gasteiger charge is 2.25. The van der Waals surface area contributed by atoms with Gasteiger partial charge in [-0.3, -0.25) is 0 Å². The quantitative estimate of drug-likeness (QED) is 0.704. The molecule has 1 rings (SSSR count). The molecule has 0 bridgehead atoms. The maximum atomic E-state index is 12.0. The molecular formula is C11H11F3O. The number of rotatable bonds is 3. The third-order valence-electron chi connectivity index (χ3n) is 1.81. The lowest BCUT2D eigenvalue weighted by Gasteiger charge is -2.07. The zero-order valence-electron chi connectivity index (χ0n) is 8.21. The Balaban J connectivity index is 2.75. The molecule has 0 unspecified atom stereocenters. The standard InChI is InChI=1S/C11H11F3O/c1-15-10(8-11(12,13)14)7-9-5-3-2-4-6-9/h2-6,8H,7H2,1H3. The molecule has 1 nitrogen and oxygen atoms in total. The molecule has 15 heavy (non-hydrogen) atoms. The average Bonchev–Trinajstić information content (AvgIpc) is 2.16. The molecule has 0 aliphatic rings. The molecule has 0 aromatic heterocycles. The fourth-order valence-electron chi connectivity index (χ4n) is 1.16. The van der Waals surface area contributed by atoms with Crippen molar-refractivity contribution in [1.82, 2.24) is 0 Å². The summed E-state index contributed by atoms with van der Waals surface area (Å²) in [4.78, 5) is 0. The maximum Gasteiger partial charge on any atom is 0.412 e. The first-order chi connectivity index (χ1) is 7.01. The zero-order valence-corrected chi connectivity index (χ0v) is 8.21. The summed E-state index contributed by atoms with van der Waals surface area (Å²) in [5, 5.41) is 0. The van der Waals surface area contributed by atoms with E-state index in [2.05, 4.69) is 4.74 Å². The van der Waals surface area contributed by atoms with E-state index in [1.54, 1.807) is 24.3 Å². The van der Waals surface area contributed by atoms with Crippen LogP contribution in [0, 0.1) is 0 Å². The Labute approximate surface area is 86.2 Å². The van der Waals surface area contributed by atoms with Crippen LogP contribution in [0.2, 0.25) is 0 Å². The summed E-state index contributed by atoms with van der Waals surface area (Å²) < 4.78 is 40.8. The van der Waals surface area contributed by atoms with Crippen molar-refractivity contribution in [2.45, 2.75) is 12.6 Å². The minimum absolute atomic E-state index is 0.0892. The van der Waals surface area contributed by atoms with Gasteiger partial charge in [-0.15, -0.1) is 0 Å². The summed E-state index contributed by atoms with van der Waals surface area (Å²) >= 11 is 0. The smallest absolute Gasteiger partial charge is 0.412 e. The van der Waals surface area contributed by atoms with Gasteiger partial charge < -0.3 is 4.74 Å². The minimum Gasteiger partial charge on any atom is -0.501 e. The Morgan fingerprint density at radius 1 is 1.27 bits per heavy atom. The minimum atomic E-state index is -4.33. The third kappa shape index (κ3) is 4.54. The molecule has 4 heteroatoms. The van der Waals surface area contributed by atoms with E-state index >= 15 is 0 Å².